The third-order valence-electron chi connectivity index (χ3n) is 3.29. The Morgan fingerprint density at radius 3 is 2.52 bits per heavy atom. The van der Waals surface area contributed by atoms with Gasteiger partial charge in [0.25, 0.3) is 0 Å². The number of nitrogens with one attached hydrogen (secondary N) is 1. The predicted molar refractivity (Wildman–Crippen MR) is 83.6 cm³/mol. The van der Waals surface area contributed by atoms with Crippen LogP contribution in [-0.2, 0) is 0 Å². The molecule has 0 saturated carbocycles. The van der Waals surface area contributed by atoms with Crippen molar-refractivity contribution in [3.05, 3.63) is 76.7 Å². The number of hydrogen-bond donors (Lipinski definition) is 1. The lowest BCUT2D eigenvalue weighted by Crippen LogP contribution is -2.04. The lowest BCUT2D eigenvalue weighted by molar-refractivity contribution is 0.103. The van der Waals surface area contributed by atoms with Gasteiger partial charge in [-0.1, -0.05) is 41.9 Å². The van der Waals surface area contributed by atoms with Gasteiger partial charge in [0, 0.05) is 17.5 Å². The number of ketones is 1. The highest BCUT2D eigenvalue weighted by Crippen LogP contribution is 2.26. The van der Waals surface area contributed by atoms with Crippen molar-refractivity contribution in [1.82, 2.24) is 9.97 Å². The Hall–Kier alpha value is -2.39. The van der Waals surface area contributed by atoms with Gasteiger partial charge in [0.05, 0.1) is 11.3 Å². The number of nitrogens with zero attached hydrogens (tertiary/aromatic N) is 1. The minimum atomic E-state index is -0.132. The standard InChI is InChI=1S/C17H13ClN2O/c1-11-7-8-14(17(18)20-11)16(21)13-9-10-19-15(13)12-5-3-2-4-6-12/h2-10,19H,1H3. The van der Waals surface area contributed by atoms with Crippen LogP contribution in [-0.4, -0.2) is 15.8 Å². The van der Waals surface area contributed by atoms with Gasteiger partial charge in [0.1, 0.15) is 5.15 Å². The van der Waals surface area contributed by atoms with Gasteiger partial charge in [-0.25, -0.2) is 4.98 Å². The molecule has 0 atom stereocenters. The van der Waals surface area contributed by atoms with Crippen LogP contribution >= 0.6 is 11.6 Å². The summed E-state index contributed by atoms with van der Waals surface area (Å²) in [6.07, 6.45) is 1.76. The maximum atomic E-state index is 12.7. The molecule has 2 heterocycles. The monoisotopic (exact) mass is 296 g/mol. The van der Waals surface area contributed by atoms with E-state index in [9.17, 15) is 4.79 Å². The number of benzene rings is 1. The first-order valence-electron chi connectivity index (χ1n) is 6.57. The number of rotatable bonds is 3. The van der Waals surface area contributed by atoms with Gasteiger partial charge in [0.15, 0.2) is 5.78 Å². The maximum absolute atomic E-state index is 12.7. The third-order valence-corrected chi connectivity index (χ3v) is 3.57. The Labute approximate surface area is 127 Å². The van der Waals surface area contributed by atoms with E-state index in [-0.39, 0.29) is 10.9 Å². The Bertz CT molecular complexity index is 794. The highest BCUT2D eigenvalue weighted by Gasteiger charge is 2.18. The van der Waals surface area contributed by atoms with Gasteiger partial charge in [0.2, 0.25) is 0 Å². The zero-order valence-electron chi connectivity index (χ0n) is 11.4. The summed E-state index contributed by atoms with van der Waals surface area (Å²) in [5, 5.41) is 0.236. The highest BCUT2D eigenvalue weighted by molar-refractivity contribution is 6.34. The van der Waals surface area contributed by atoms with Crippen LogP contribution in [0.3, 0.4) is 0 Å². The fourth-order valence-electron chi connectivity index (χ4n) is 2.24. The number of H-pyrrole nitrogens is 1. The second kappa shape index (κ2) is 5.54. The van der Waals surface area contributed by atoms with Crippen molar-refractivity contribution in [3.63, 3.8) is 0 Å². The molecule has 0 aliphatic heterocycles. The van der Waals surface area contributed by atoms with Crippen molar-refractivity contribution in [3.8, 4) is 11.3 Å². The number of aromatic amines is 1. The number of carbonyl (C=O) groups excluding carboxylic acids is 1. The third kappa shape index (κ3) is 2.60. The molecule has 2 aromatic heterocycles. The summed E-state index contributed by atoms with van der Waals surface area (Å²) in [6, 6.07) is 15.0. The Kier molecular flexibility index (Phi) is 3.59. The maximum Gasteiger partial charge on any atom is 0.198 e. The van der Waals surface area contributed by atoms with Crippen molar-refractivity contribution in [2.45, 2.75) is 6.92 Å². The fraction of sp³-hybridized carbons (Fsp3) is 0.0588. The molecular formula is C17H13ClN2O. The van der Waals surface area contributed by atoms with Crippen molar-refractivity contribution in [1.29, 1.82) is 0 Å². The summed E-state index contributed by atoms with van der Waals surface area (Å²) in [5.74, 6) is -0.132. The van der Waals surface area contributed by atoms with E-state index in [1.165, 1.54) is 0 Å². The molecule has 0 bridgehead atoms. The van der Waals surface area contributed by atoms with Crippen LogP contribution in [0.4, 0.5) is 0 Å². The van der Waals surface area contributed by atoms with Crippen molar-refractivity contribution in [2.75, 3.05) is 0 Å². The van der Waals surface area contributed by atoms with Crippen LogP contribution in [0.1, 0.15) is 21.6 Å². The number of carbonyl (C=O) groups is 1. The molecule has 1 N–H and O–H groups in total. The van der Waals surface area contributed by atoms with Gasteiger partial charge in [-0.05, 0) is 30.7 Å². The summed E-state index contributed by atoms with van der Waals surface area (Å²) in [6.45, 7) is 1.84. The number of halogens is 1. The summed E-state index contributed by atoms with van der Waals surface area (Å²) < 4.78 is 0. The van der Waals surface area contributed by atoms with E-state index in [1.807, 2.05) is 37.3 Å². The van der Waals surface area contributed by atoms with Gasteiger partial charge in [-0.3, -0.25) is 4.79 Å². The normalized spacial score (nSPS) is 10.6. The van der Waals surface area contributed by atoms with Crippen LogP contribution in [0, 0.1) is 6.92 Å². The van der Waals surface area contributed by atoms with Crippen LogP contribution in [0.25, 0.3) is 11.3 Å². The molecule has 3 rings (SSSR count). The smallest absolute Gasteiger partial charge is 0.198 e. The molecular weight excluding hydrogens is 284 g/mol. The quantitative estimate of drug-likeness (QED) is 0.579. The first-order chi connectivity index (χ1) is 10.2. The number of aromatic nitrogens is 2. The van der Waals surface area contributed by atoms with Crippen molar-refractivity contribution in [2.24, 2.45) is 0 Å². The van der Waals surface area contributed by atoms with E-state index in [0.717, 1.165) is 17.0 Å². The molecule has 0 radical (unpaired) electrons. The number of pyridine rings is 1. The largest absolute Gasteiger partial charge is 0.361 e. The molecule has 0 aliphatic rings. The molecule has 0 spiro atoms. The predicted octanol–water partition coefficient (Wildman–Crippen LogP) is 4.27. The van der Waals surface area contributed by atoms with Crippen molar-refractivity contribution < 1.29 is 4.79 Å². The molecule has 1 aromatic carbocycles. The molecule has 0 saturated heterocycles. The highest BCUT2D eigenvalue weighted by atomic mass is 35.5. The Balaban J connectivity index is 2.06. The van der Waals surface area contributed by atoms with E-state index in [4.69, 9.17) is 11.6 Å². The molecule has 0 fully saturated rings. The molecule has 104 valence electrons. The van der Waals surface area contributed by atoms with Gasteiger partial charge < -0.3 is 4.98 Å². The van der Waals surface area contributed by atoms with E-state index < -0.39 is 0 Å². The summed E-state index contributed by atoms with van der Waals surface area (Å²) >= 11 is 6.10. The van der Waals surface area contributed by atoms with Gasteiger partial charge in [-0.2, -0.15) is 0 Å². The van der Waals surface area contributed by atoms with Crippen molar-refractivity contribution >= 4 is 17.4 Å². The summed E-state index contributed by atoms with van der Waals surface area (Å²) in [4.78, 5) is 19.9. The molecule has 3 nitrogen and oxygen atoms in total. The second-order valence-electron chi connectivity index (χ2n) is 4.75. The molecule has 0 aliphatic carbocycles. The lowest BCUT2D eigenvalue weighted by Gasteiger charge is -2.06. The van der Waals surface area contributed by atoms with E-state index in [1.54, 1.807) is 24.4 Å². The fourth-order valence-corrected chi connectivity index (χ4v) is 2.52. The minimum Gasteiger partial charge on any atom is -0.361 e. The SMILES string of the molecule is Cc1ccc(C(=O)c2cc[nH]c2-c2ccccc2)c(Cl)n1. The minimum absolute atomic E-state index is 0.132. The first kappa shape index (κ1) is 13.6. The summed E-state index contributed by atoms with van der Waals surface area (Å²) in [5.41, 5.74) is 3.54. The van der Waals surface area contributed by atoms with Gasteiger partial charge in [-0.15, -0.1) is 0 Å². The molecule has 4 heteroatoms. The summed E-state index contributed by atoms with van der Waals surface area (Å²) in [7, 11) is 0. The average Bonchev–Trinajstić information content (AvgIpc) is 2.97. The number of aryl methyl sites for hydroxylation is 1. The van der Waals surface area contributed by atoms with Gasteiger partial charge >= 0.3 is 0 Å². The topological polar surface area (TPSA) is 45.8 Å². The molecule has 0 unspecified atom stereocenters. The Morgan fingerprint density at radius 1 is 1.05 bits per heavy atom. The van der Waals surface area contributed by atoms with E-state index in [2.05, 4.69) is 9.97 Å². The number of hydrogen-bond acceptors (Lipinski definition) is 2. The first-order valence-corrected chi connectivity index (χ1v) is 6.95. The van der Waals surface area contributed by atoms with Crippen LogP contribution in [0.15, 0.2) is 54.7 Å². The second-order valence-corrected chi connectivity index (χ2v) is 5.11. The lowest BCUT2D eigenvalue weighted by atomic mass is 10.0. The van der Waals surface area contributed by atoms with E-state index in [0.29, 0.717) is 11.1 Å². The molecule has 21 heavy (non-hydrogen) atoms. The Morgan fingerprint density at radius 2 is 1.81 bits per heavy atom. The van der Waals surface area contributed by atoms with Crippen LogP contribution < -0.4 is 0 Å². The van der Waals surface area contributed by atoms with E-state index >= 15 is 0 Å². The zero-order chi connectivity index (χ0) is 14.8. The molecule has 0 amide bonds. The zero-order valence-corrected chi connectivity index (χ0v) is 12.2. The molecule has 3 aromatic rings. The van der Waals surface area contributed by atoms with Crippen LogP contribution in [0.5, 0.6) is 0 Å². The average molecular weight is 297 g/mol. The van der Waals surface area contributed by atoms with Crippen LogP contribution in [0.2, 0.25) is 5.15 Å².